The molecule has 0 saturated carbocycles. The van der Waals surface area contributed by atoms with Gasteiger partial charge in [-0.05, 0) is 38.1 Å². The van der Waals surface area contributed by atoms with Crippen molar-refractivity contribution >= 4 is 17.7 Å². The van der Waals surface area contributed by atoms with Gasteiger partial charge in [0.05, 0.1) is 12.4 Å². The van der Waals surface area contributed by atoms with Crippen LogP contribution in [-0.4, -0.2) is 48.8 Å². The smallest absolute Gasteiger partial charge is 0.233 e. The highest BCUT2D eigenvalue weighted by atomic mass is 32.2. The summed E-state index contributed by atoms with van der Waals surface area (Å²) in [6.07, 6.45) is 0. The predicted molar refractivity (Wildman–Crippen MR) is 82.4 cm³/mol. The lowest BCUT2D eigenvalue weighted by Gasteiger charge is -2.33. The Balaban J connectivity index is 1.83. The molecular weight excluding hydrogens is 272 g/mol. The SMILES string of the molecule is CCOc1ccc(SCC(=O)N2CCNC[C@@H]2C)cc1. The van der Waals surface area contributed by atoms with Crippen LogP contribution in [0, 0.1) is 0 Å². The molecule has 1 heterocycles. The molecule has 1 saturated heterocycles. The van der Waals surface area contributed by atoms with Gasteiger partial charge in [0.15, 0.2) is 0 Å². The summed E-state index contributed by atoms with van der Waals surface area (Å²) in [5, 5.41) is 3.30. The molecule has 1 aromatic rings. The Hall–Kier alpha value is -1.20. The summed E-state index contributed by atoms with van der Waals surface area (Å²) in [6.45, 7) is 7.32. The molecule has 1 fully saturated rings. The van der Waals surface area contributed by atoms with Crippen LogP contribution in [0.3, 0.4) is 0 Å². The number of piperazine rings is 1. The maximum absolute atomic E-state index is 12.2. The highest BCUT2D eigenvalue weighted by Gasteiger charge is 2.22. The van der Waals surface area contributed by atoms with Crippen molar-refractivity contribution in [3.05, 3.63) is 24.3 Å². The van der Waals surface area contributed by atoms with Gasteiger partial charge in [-0.1, -0.05) is 0 Å². The summed E-state index contributed by atoms with van der Waals surface area (Å²) in [6, 6.07) is 8.19. The van der Waals surface area contributed by atoms with E-state index < -0.39 is 0 Å². The Morgan fingerprint density at radius 2 is 2.20 bits per heavy atom. The zero-order valence-electron chi connectivity index (χ0n) is 12.1. The molecule has 0 aliphatic carbocycles. The Labute approximate surface area is 124 Å². The summed E-state index contributed by atoms with van der Waals surface area (Å²) in [5.74, 6) is 1.59. The standard InChI is InChI=1S/C15H22N2O2S/c1-3-19-13-4-6-14(7-5-13)20-11-15(18)17-9-8-16-10-12(17)2/h4-7,12,16H,3,8-11H2,1-2H3/t12-/m0/s1. The predicted octanol–water partition coefficient (Wildman–Crippen LogP) is 2.00. The first-order valence-electron chi connectivity index (χ1n) is 7.06. The number of ether oxygens (including phenoxy) is 1. The number of hydrogen-bond acceptors (Lipinski definition) is 4. The first kappa shape index (κ1) is 15.2. The molecule has 0 radical (unpaired) electrons. The molecular formula is C15H22N2O2S. The maximum Gasteiger partial charge on any atom is 0.233 e. The van der Waals surface area contributed by atoms with Gasteiger partial charge in [-0.2, -0.15) is 0 Å². The molecule has 1 aromatic carbocycles. The van der Waals surface area contributed by atoms with Crippen LogP contribution in [0.2, 0.25) is 0 Å². The van der Waals surface area contributed by atoms with Gasteiger partial charge in [-0.15, -0.1) is 11.8 Å². The molecule has 1 atom stereocenters. The summed E-state index contributed by atoms with van der Waals surface area (Å²) in [5.41, 5.74) is 0. The molecule has 110 valence electrons. The lowest BCUT2D eigenvalue weighted by Crippen LogP contribution is -2.52. The molecule has 1 N–H and O–H groups in total. The van der Waals surface area contributed by atoms with Crippen LogP contribution in [-0.2, 0) is 4.79 Å². The molecule has 0 bridgehead atoms. The van der Waals surface area contributed by atoms with Crippen LogP contribution < -0.4 is 10.1 Å². The van der Waals surface area contributed by atoms with Crippen molar-refractivity contribution in [1.82, 2.24) is 10.2 Å². The number of amides is 1. The van der Waals surface area contributed by atoms with Crippen molar-refractivity contribution in [2.24, 2.45) is 0 Å². The van der Waals surface area contributed by atoms with Crippen LogP contribution >= 0.6 is 11.8 Å². The van der Waals surface area contributed by atoms with Gasteiger partial charge < -0.3 is 15.0 Å². The van der Waals surface area contributed by atoms with Crippen LogP contribution in [0.4, 0.5) is 0 Å². The normalized spacial score (nSPS) is 18.9. The Morgan fingerprint density at radius 1 is 1.45 bits per heavy atom. The number of rotatable bonds is 5. The third-order valence-electron chi connectivity index (χ3n) is 3.32. The van der Waals surface area contributed by atoms with Gasteiger partial charge >= 0.3 is 0 Å². The second kappa shape index (κ2) is 7.55. The minimum Gasteiger partial charge on any atom is -0.494 e. The van der Waals surface area contributed by atoms with Crippen molar-refractivity contribution < 1.29 is 9.53 Å². The van der Waals surface area contributed by atoms with Gasteiger partial charge in [0.2, 0.25) is 5.91 Å². The highest BCUT2D eigenvalue weighted by molar-refractivity contribution is 8.00. The number of carbonyl (C=O) groups excluding carboxylic acids is 1. The number of benzene rings is 1. The van der Waals surface area contributed by atoms with E-state index in [1.54, 1.807) is 11.8 Å². The lowest BCUT2D eigenvalue weighted by molar-refractivity contribution is -0.131. The van der Waals surface area contributed by atoms with Crippen molar-refractivity contribution in [1.29, 1.82) is 0 Å². The van der Waals surface area contributed by atoms with Gasteiger partial charge in [0.1, 0.15) is 5.75 Å². The fourth-order valence-corrected chi connectivity index (χ4v) is 3.02. The minimum atomic E-state index is 0.220. The second-order valence-corrected chi connectivity index (χ2v) is 5.88. The third kappa shape index (κ3) is 4.15. The van der Waals surface area contributed by atoms with E-state index in [1.807, 2.05) is 36.1 Å². The Bertz CT molecular complexity index is 436. The topological polar surface area (TPSA) is 41.6 Å². The van der Waals surface area contributed by atoms with E-state index in [2.05, 4.69) is 12.2 Å². The number of nitrogens with one attached hydrogen (secondary N) is 1. The zero-order chi connectivity index (χ0) is 14.4. The number of carbonyl (C=O) groups is 1. The van der Waals surface area contributed by atoms with E-state index in [4.69, 9.17) is 4.74 Å². The largest absolute Gasteiger partial charge is 0.494 e. The molecule has 0 unspecified atom stereocenters. The van der Waals surface area contributed by atoms with Crippen LogP contribution in [0.25, 0.3) is 0 Å². The summed E-state index contributed by atoms with van der Waals surface area (Å²) in [7, 11) is 0. The summed E-state index contributed by atoms with van der Waals surface area (Å²) in [4.78, 5) is 15.3. The van der Waals surface area contributed by atoms with Gasteiger partial charge in [0.25, 0.3) is 0 Å². The monoisotopic (exact) mass is 294 g/mol. The molecule has 5 heteroatoms. The Kier molecular flexibility index (Phi) is 5.73. The summed E-state index contributed by atoms with van der Waals surface area (Å²) < 4.78 is 5.40. The van der Waals surface area contributed by atoms with E-state index >= 15 is 0 Å². The quantitative estimate of drug-likeness (QED) is 0.843. The van der Waals surface area contributed by atoms with Crippen LogP contribution in [0.5, 0.6) is 5.75 Å². The Morgan fingerprint density at radius 3 is 2.85 bits per heavy atom. The van der Waals surface area contributed by atoms with Crippen molar-refractivity contribution in [2.75, 3.05) is 32.0 Å². The molecule has 4 nitrogen and oxygen atoms in total. The minimum absolute atomic E-state index is 0.220. The second-order valence-electron chi connectivity index (χ2n) is 4.83. The number of thioether (sulfide) groups is 1. The van der Waals surface area contributed by atoms with Gasteiger partial charge in [-0.3, -0.25) is 4.79 Å². The molecule has 2 rings (SSSR count). The van der Waals surface area contributed by atoms with Crippen LogP contribution in [0.1, 0.15) is 13.8 Å². The number of nitrogens with zero attached hydrogens (tertiary/aromatic N) is 1. The van der Waals surface area contributed by atoms with Gasteiger partial charge in [-0.25, -0.2) is 0 Å². The first-order chi connectivity index (χ1) is 9.70. The maximum atomic E-state index is 12.2. The van der Waals surface area contributed by atoms with E-state index in [0.29, 0.717) is 12.4 Å². The fraction of sp³-hybridized carbons (Fsp3) is 0.533. The molecule has 0 spiro atoms. The molecule has 1 aliphatic rings. The van der Waals surface area contributed by atoms with E-state index in [0.717, 1.165) is 30.3 Å². The van der Waals surface area contributed by atoms with E-state index in [9.17, 15) is 4.79 Å². The van der Waals surface area contributed by atoms with Crippen molar-refractivity contribution in [2.45, 2.75) is 24.8 Å². The molecule has 1 aliphatic heterocycles. The molecule has 0 aromatic heterocycles. The highest BCUT2D eigenvalue weighted by Crippen LogP contribution is 2.22. The fourth-order valence-electron chi connectivity index (χ4n) is 2.24. The average Bonchev–Trinajstić information content (AvgIpc) is 2.47. The van der Waals surface area contributed by atoms with Crippen LogP contribution in [0.15, 0.2) is 29.2 Å². The first-order valence-corrected chi connectivity index (χ1v) is 8.05. The van der Waals surface area contributed by atoms with E-state index in [1.165, 1.54) is 0 Å². The summed E-state index contributed by atoms with van der Waals surface area (Å²) >= 11 is 1.58. The van der Waals surface area contributed by atoms with Gasteiger partial charge in [0, 0.05) is 30.6 Å². The van der Waals surface area contributed by atoms with Crippen molar-refractivity contribution in [3.63, 3.8) is 0 Å². The molecule has 1 amide bonds. The zero-order valence-corrected chi connectivity index (χ0v) is 12.9. The third-order valence-corrected chi connectivity index (χ3v) is 4.32. The van der Waals surface area contributed by atoms with Crippen molar-refractivity contribution in [3.8, 4) is 5.75 Å². The average molecular weight is 294 g/mol. The number of hydrogen-bond donors (Lipinski definition) is 1. The molecule has 20 heavy (non-hydrogen) atoms. The lowest BCUT2D eigenvalue weighted by atomic mass is 10.2. The van der Waals surface area contributed by atoms with E-state index in [-0.39, 0.29) is 11.9 Å².